The average Bonchev–Trinajstić information content (AvgIpc) is 2.38. The van der Waals surface area contributed by atoms with Gasteiger partial charge in [-0.25, -0.2) is 0 Å². The Morgan fingerprint density at radius 2 is 1.88 bits per heavy atom. The second kappa shape index (κ2) is 4.61. The van der Waals surface area contributed by atoms with Gasteiger partial charge >= 0.3 is 0 Å². The first-order chi connectivity index (χ1) is 8.24. The van der Waals surface area contributed by atoms with Crippen LogP contribution in [0.15, 0.2) is 36.7 Å². The second-order valence-corrected chi connectivity index (χ2v) is 3.38. The zero-order valence-corrected chi connectivity index (χ0v) is 9.25. The SMILES string of the molecule is COc1ccccc1-c1cnncc1C(N)=O. The van der Waals surface area contributed by atoms with Crippen LogP contribution in [0, 0.1) is 0 Å². The molecule has 0 radical (unpaired) electrons. The van der Waals surface area contributed by atoms with E-state index in [0.29, 0.717) is 16.9 Å². The van der Waals surface area contributed by atoms with Crippen molar-refractivity contribution in [1.82, 2.24) is 10.2 Å². The van der Waals surface area contributed by atoms with E-state index < -0.39 is 5.91 Å². The van der Waals surface area contributed by atoms with Crippen LogP contribution in [0.1, 0.15) is 10.4 Å². The predicted octanol–water partition coefficient (Wildman–Crippen LogP) is 1.25. The van der Waals surface area contributed by atoms with Gasteiger partial charge in [0.2, 0.25) is 0 Å². The summed E-state index contributed by atoms with van der Waals surface area (Å²) in [4.78, 5) is 11.3. The first-order valence-corrected chi connectivity index (χ1v) is 4.98. The van der Waals surface area contributed by atoms with Crippen LogP contribution in [0.4, 0.5) is 0 Å². The molecule has 0 aliphatic rings. The van der Waals surface area contributed by atoms with Crippen LogP contribution in [-0.2, 0) is 0 Å². The maximum absolute atomic E-state index is 11.3. The Balaban J connectivity index is 2.64. The molecular formula is C12H11N3O2. The highest BCUT2D eigenvalue weighted by Gasteiger charge is 2.13. The maximum atomic E-state index is 11.3. The fourth-order valence-electron chi connectivity index (χ4n) is 1.60. The minimum absolute atomic E-state index is 0.324. The van der Waals surface area contributed by atoms with Gasteiger partial charge in [0.15, 0.2) is 0 Å². The molecule has 0 bridgehead atoms. The van der Waals surface area contributed by atoms with Crippen molar-refractivity contribution in [3.63, 3.8) is 0 Å². The molecule has 0 spiro atoms. The molecule has 0 unspecified atom stereocenters. The van der Waals surface area contributed by atoms with Crippen LogP contribution >= 0.6 is 0 Å². The van der Waals surface area contributed by atoms with Crippen LogP contribution < -0.4 is 10.5 Å². The number of carbonyl (C=O) groups excluding carboxylic acids is 1. The number of hydrogen-bond acceptors (Lipinski definition) is 4. The summed E-state index contributed by atoms with van der Waals surface area (Å²) in [5, 5.41) is 7.42. The van der Waals surface area contributed by atoms with Gasteiger partial charge in [-0.05, 0) is 6.07 Å². The number of ether oxygens (including phenoxy) is 1. The average molecular weight is 229 g/mol. The van der Waals surface area contributed by atoms with E-state index in [4.69, 9.17) is 10.5 Å². The lowest BCUT2D eigenvalue weighted by Crippen LogP contribution is -2.13. The van der Waals surface area contributed by atoms with Crippen molar-refractivity contribution in [2.75, 3.05) is 7.11 Å². The number of methoxy groups -OCH3 is 1. The number of carbonyl (C=O) groups is 1. The number of aromatic nitrogens is 2. The minimum atomic E-state index is -0.541. The maximum Gasteiger partial charge on any atom is 0.251 e. The highest BCUT2D eigenvalue weighted by molar-refractivity contribution is 5.99. The third-order valence-electron chi connectivity index (χ3n) is 2.39. The fraction of sp³-hybridized carbons (Fsp3) is 0.0833. The van der Waals surface area contributed by atoms with E-state index in [9.17, 15) is 4.79 Å². The molecule has 0 atom stereocenters. The highest BCUT2D eigenvalue weighted by Crippen LogP contribution is 2.30. The smallest absolute Gasteiger partial charge is 0.251 e. The molecule has 2 rings (SSSR count). The lowest BCUT2D eigenvalue weighted by Gasteiger charge is -2.09. The van der Waals surface area contributed by atoms with Crippen LogP contribution in [0.5, 0.6) is 5.75 Å². The van der Waals surface area contributed by atoms with Gasteiger partial charge in [0.25, 0.3) is 5.91 Å². The van der Waals surface area contributed by atoms with Gasteiger partial charge in [-0.15, -0.1) is 0 Å². The summed E-state index contributed by atoms with van der Waals surface area (Å²) < 4.78 is 5.23. The zero-order chi connectivity index (χ0) is 12.3. The van der Waals surface area contributed by atoms with Gasteiger partial charge in [-0.2, -0.15) is 10.2 Å². The summed E-state index contributed by atoms with van der Waals surface area (Å²) in [5.41, 5.74) is 7.00. The first kappa shape index (κ1) is 11.1. The fourth-order valence-corrected chi connectivity index (χ4v) is 1.60. The summed E-state index contributed by atoms with van der Waals surface area (Å²) in [5.74, 6) is 0.115. The van der Waals surface area contributed by atoms with Crippen molar-refractivity contribution in [3.05, 3.63) is 42.2 Å². The van der Waals surface area contributed by atoms with E-state index in [2.05, 4.69) is 10.2 Å². The monoisotopic (exact) mass is 229 g/mol. The Labute approximate surface area is 98.2 Å². The van der Waals surface area contributed by atoms with E-state index in [1.807, 2.05) is 18.2 Å². The van der Waals surface area contributed by atoms with Gasteiger partial charge in [-0.1, -0.05) is 18.2 Å². The standard InChI is InChI=1S/C12H11N3O2/c1-17-11-5-3-2-4-8(11)9-6-14-15-7-10(9)12(13)16/h2-7H,1H3,(H2,13,16). The molecule has 0 saturated heterocycles. The molecule has 0 saturated carbocycles. The van der Waals surface area contributed by atoms with Gasteiger partial charge < -0.3 is 10.5 Å². The molecule has 0 fully saturated rings. The first-order valence-electron chi connectivity index (χ1n) is 4.98. The molecular weight excluding hydrogens is 218 g/mol. The zero-order valence-electron chi connectivity index (χ0n) is 9.25. The number of para-hydroxylation sites is 1. The summed E-state index contributed by atoms with van der Waals surface area (Å²) in [7, 11) is 1.57. The van der Waals surface area contributed by atoms with E-state index >= 15 is 0 Å². The molecule has 2 aromatic rings. The van der Waals surface area contributed by atoms with E-state index in [-0.39, 0.29) is 0 Å². The van der Waals surface area contributed by atoms with E-state index in [0.717, 1.165) is 5.56 Å². The quantitative estimate of drug-likeness (QED) is 0.859. The van der Waals surface area contributed by atoms with Gasteiger partial charge in [0.05, 0.1) is 25.1 Å². The van der Waals surface area contributed by atoms with Crippen LogP contribution in [0.3, 0.4) is 0 Å². The highest BCUT2D eigenvalue weighted by atomic mass is 16.5. The van der Waals surface area contributed by atoms with Crippen molar-refractivity contribution in [2.24, 2.45) is 5.73 Å². The molecule has 5 heteroatoms. The van der Waals surface area contributed by atoms with Crippen LogP contribution in [0.2, 0.25) is 0 Å². The Morgan fingerprint density at radius 1 is 1.18 bits per heavy atom. The predicted molar refractivity (Wildman–Crippen MR) is 62.5 cm³/mol. The van der Waals surface area contributed by atoms with E-state index in [1.165, 1.54) is 12.4 Å². The number of hydrogen-bond donors (Lipinski definition) is 1. The Morgan fingerprint density at radius 3 is 2.59 bits per heavy atom. The van der Waals surface area contributed by atoms with Gasteiger partial charge in [0.1, 0.15) is 5.75 Å². The van der Waals surface area contributed by atoms with Crippen LogP contribution in [-0.4, -0.2) is 23.2 Å². The van der Waals surface area contributed by atoms with Crippen LogP contribution in [0.25, 0.3) is 11.1 Å². The van der Waals surface area contributed by atoms with Gasteiger partial charge in [0, 0.05) is 11.1 Å². The number of nitrogens with zero attached hydrogens (tertiary/aromatic N) is 2. The molecule has 5 nitrogen and oxygen atoms in total. The topological polar surface area (TPSA) is 78.1 Å². The van der Waals surface area contributed by atoms with Crippen molar-refractivity contribution < 1.29 is 9.53 Å². The normalized spacial score (nSPS) is 9.94. The van der Waals surface area contributed by atoms with Crippen molar-refractivity contribution in [1.29, 1.82) is 0 Å². The molecule has 1 heterocycles. The molecule has 1 aromatic carbocycles. The number of nitrogens with two attached hydrogens (primary N) is 1. The minimum Gasteiger partial charge on any atom is -0.496 e. The largest absolute Gasteiger partial charge is 0.496 e. The van der Waals surface area contributed by atoms with Crippen molar-refractivity contribution in [3.8, 4) is 16.9 Å². The summed E-state index contributed by atoms with van der Waals surface area (Å²) in [6.07, 6.45) is 2.85. The lowest BCUT2D eigenvalue weighted by molar-refractivity contribution is 0.100. The Hall–Kier alpha value is -2.43. The molecule has 1 amide bonds. The lowest BCUT2D eigenvalue weighted by atomic mass is 10.0. The molecule has 0 aliphatic carbocycles. The molecule has 1 aromatic heterocycles. The second-order valence-electron chi connectivity index (χ2n) is 3.38. The summed E-state index contributed by atoms with van der Waals surface area (Å²) >= 11 is 0. The molecule has 17 heavy (non-hydrogen) atoms. The third kappa shape index (κ3) is 2.08. The molecule has 0 aliphatic heterocycles. The summed E-state index contributed by atoms with van der Waals surface area (Å²) in [6.45, 7) is 0. The number of amides is 1. The third-order valence-corrected chi connectivity index (χ3v) is 2.39. The number of primary amides is 1. The molecule has 2 N–H and O–H groups in total. The molecule has 86 valence electrons. The Kier molecular flexibility index (Phi) is 3.00. The van der Waals surface area contributed by atoms with Crippen molar-refractivity contribution >= 4 is 5.91 Å². The van der Waals surface area contributed by atoms with Crippen molar-refractivity contribution in [2.45, 2.75) is 0 Å². The van der Waals surface area contributed by atoms with E-state index in [1.54, 1.807) is 13.2 Å². The number of benzene rings is 1. The van der Waals surface area contributed by atoms with Gasteiger partial charge in [-0.3, -0.25) is 4.79 Å². The number of rotatable bonds is 3. The summed E-state index contributed by atoms with van der Waals surface area (Å²) in [6, 6.07) is 7.34. The Bertz CT molecular complexity index is 555.